The molecule has 0 atom stereocenters. The van der Waals surface area contributed by atoms with Gasteiger partial charge in [-0.3, -0.25) is 9.59 Å². The van der Waals surface area contributed by atoms with E-state index in [0.29, 0.717) is 22.5 Å². The lowest BCUT2D eigenvalue weighted by Gasteiger charge is -2.19. The first-order valence-electron chi connectivity index (χ1n) is 9.22. The number of sulfonamides is 1. The predicted molar refractivity (Wildman–Crippen MR) is 121 cm³/mol. The van der Waals surface area contributed by atoms with Gasteiger partial charge in [-0.1, -0.05) is 30.3 Å². The zero-order chi connectivity index (χ0) is 22.0. The SMILES string of the molecule is CC(=O)Nc1ccc(NC2=C/C(=N/S(=O)(=O)c3cccs3)c3ccccc3C2=O)cc1. The summed E-state index contributed by atoms with van der Waals surface area (Å²) in [6.45, 7) is 1.42. The highest BCUT2D eigenvalue weighted by atomic mass is 32.2. The normalized spacial score (nSPS) is 14.7. The van der Waals surface area contributed by atoms with Gasteiger partial charge in [-0.25, -0.2) is 0 Å². The molecule has 1 amide bonds. The van der Waals surface area contributed by atoms with Gasteiger partial charge in [0.15, 0.2) is 0 Å². The molecule has 3 aromatic rings. The first-order chi connectivity index (χ1) is 14.8. The average Bonchev–Trinajstić information content (AvgIpc) is 3.28. The van der Waals surface area contributed by atoms with Crippen molar-refractivity contribution in [2.45, 2.75) is 11.1 Å². The summed E-state index contributed by atoms with van der Waals surface area (Å²) in [5, 5.41) is 7.36. The van der Waals surface area contributed by atoms with Crippen LogP contribution in [0, 0.1) is 0 Å². The molecular weight excluding hydrogens is 434 g/mol. The Morgan fingerprint density at radius 3 is 2.26 bits per heavy atom. The fourth-order valence-corrected chi connectivity index (χ4v) is 5.04. The van der Waals surface area contributed by atoms with E-state index < -0.39 is 10.0 Å². The Kier molecular flexibility index (Phi) is 5.53. The third-order valence-electron chi connectivity index (χ3n) is 4.43. The fourth-order valence-electron chi connectivity index (χ4n) is 3.08. The van der Waals surface area contributed by atoms with E-state index in [2.05, 4.69) is 15.0 Å². The second-order valence-electron chi connectivity index (χ2n) is 6.70. The number of allylic oxidation sites excluding steroid dienone is 2. The number of anilines is 2. The van der Waals surface area contributed by atoms with Gasteiger partial charge in [-0.2, -0.15) is 12.8 Å². The van der Waals surface area contributed by atoms with E-state index in [0.717, 1.165) is 11.3 Å². The zero-order valence-corrected chi connectivity index (χ0v) is 18.0. The van der Waals surface area contributed by atoms with E-state index in [-0.39, 0.29) is 27.3 Å². The molecule has 0 unspecified atom stereocenters. The van der Waals surface area contributed by atoms with Gasteiger partial charge in [0.1, 0.15) is 4.21 Å². The summed E-state index contributed by atoms with van der Waals surface area (Å²) in [7, 11) is -3.91. The van der Waals surface area contributed by atoms with Gasteiger partial charge in [-0.15, -0.1) is 11.3 Å². The standard InChI is InChI=1S/C22H17N3O4S2/c1-14(26)23-15-8-10-16(11-9-15)24-20-13-19(17-5-2-3-6-18(17)22(20)27)25-31(28,29)21-7-4-12-30-21/h2-13,24H,1H3,(H,23,26)/b25-19-. The molecule has 2 N–H and O–H groups in total. The van der Waals surface area contributed by atoms with Crippen molar-refractivity contribution in [3.63, 3.8) is 0 Å². The van der Waals surface area contributed by atoms with Crippen LogP contribution >= 0.6 is 11.3 Å². The molecule has 1 aliphatic rings. The maximum atomic E-state index is 13.0. The number of carbonyl (C=O) groups is 2. The molecule has 0 bridgehead atoms. The molecular formula is C22H17N3O4S2. The molecule has 1 heterocycles. The van der Waals surface area contributed by atoms with Crippen LogP contribution < -0.4 is 10.6 Å². The highest BCUT2D eigenvalue weighted by molar-refractivity contribution is 7.92. The van der Waals surface area contributed by atoms with Gasteiger partial charge in [0.05, 0.1) is 11.4 Å². The highest BCUT2D eigenvalue weighted by Gasteiger charge is 2.26. The van der Waals surface area contributed by atoms with Crippen molar-refractivity contribution in [1.29, 1.82) is 0 Å². The van der Waals surface area contributed by atoms with Crippen molar-refractivity contribution in [2.75, 3.05) is 10.6 Å². The molecule has 7 nitrogen and oxygen atoms in total. The maximum Gasteiger partial charge on any atom is 0.292 e. The maximum absolute atomic E-state index is 13.0. The molecule has 156 valence electrons. The lowest BCUT2D eigenvalue weighted by Crippen LogP contribution is -2.22. The van der Waals surface area contributed by atoms with Gasteiger partial charge in [-0.05, 0) is 41.8 Å². The third-order valence-corrected chi connectivity index (χ3v) is 7.09. The van der Waals surface area contributed by atoms with E-state index in [1.165, 1.54) is 19.1 Å². The fraction of sp³-hybridized carbons (Fsp3) is 0.0455. The number of hydrogen-bond donors (Lipinski definition) is 2. The van der Waals surface area contributed by atoms with Gasteiger partial charge in [0.2, 0.25) is 11.7 Å². The summed E-state index contributed by atoms with van der Waals surface area (Å²) in [5.41, 5.74) is 2.43. The number of benzene rings is 2. The van der Waals surface area contributed by atoms with Crippen LogP contribution in [-0.2, 0) is 14.8 Å². The topological polar surface area (TPSA) is 105 Å². The molecule has 0 saturated carbocycles. The number of ketones is 1. The first kappa shape index (κ1) is 20.7. The van der Waals surface area contributed by atoms with Crippen molar-refractivity contribution in [3.8, 4) is 0 Å². The van der Waals surface area contributed by atoms with E-state index in [1.54, 1.807) is 60.0 Å². The molecule has 1 aromatic heterocycles. The van der Waals surface area contributed by atoms with Crippen molar-refractivity contribution in [3.05, 3.63) is 88.9 Å². The van der Waals surface area contributed by atoms with Crippen LogP contribution in [0.5, 0.6) is 0 Å². The average molecular weight is 452 g/mol. The molecule has 0 radical (unpaired) electrons. The molecule has 0 aliphatic heterocycles. The smallest absolute Gasteiger partial charge is 0.292 e. The molecule has 0 saturated heterocycles. The van der Waals surface area contributed by atoms with Crippen LogP contribution in [-0.4, -0.2) is 25.8 Å². The number of nitrogens with one attached hydrogen (secondary N) is 2. The number of amides is 1. The largest absolute Gasteiger partial charge is 0.352 e. The molecule has 4 rings (SSSR count). The lowest BCUT2D eigenvalue weighted by atomic mass is 9.92. The molecule has 9 heteroatoms. The minimum absolute atomic E-state index is 0.130. The lowest BCUT2D eigenvalue weighted by molar-refractivity contribution is -0.114. The van der Waals surface area contributed by atoms with Crippen LogP contribution in [0.2, 0.25) is 0 Å². The molecule has 0 spiro atoms. The number of nitrogens with zero attached hydrogens (tertiary/aromatic N) is 1. The number of thiophene rings is 1. The summed E-state index contributed by atoms with van der Waals surface area (Å²) in [6, 6.07) is 16.7. The minimum atomic E-state index is -3.91. The Bertz CT molecular complexity index is 1320. The summed E-state index contributed by atoms with van der Waals surface area (Å²) in [5.74, 6) is -0.454. The highest BCUT2D eigenvalue weighted by Crippen LogP contribution is 2.26. The monoisotopic (exact) mass is 451 g/mol. The van der Waals surface area contributed by atoms with Crippen LogP contribution in [0.4, 0.5) is 11.4 Å². The Hall–Kier alpha value is -3.56. The zero-order valence-electron chi connectivity index (χ0n) is 16.3. The number of Topliss-reactive ketones (excluding diaryl/α,β-unsaturated/α-hetero) is 1. The first-order valence-corrected chi connectivity index (χ1v) is 11.5. The summed E-state index contributed by atoms with van der Waals surface area (Å²) in [4.78, 5) is 24.2. The van der Waals surface area contributed by atoms with Crippen molar-refractivity contribution in [1.82, 2.24) is 0 Å². The number of carbonyl (C=O) groups excluding carboxylic acids is 2. The third kappa shape index (κ3) is 4.47. The van der Waals surface area contributed by atoms with Gasteiger partial charge in [0, 0.05) is 29.4 Å². The summed E-state index contributed by atoms with van der Waals surface area (Å²) in [6.07, 6.45) is 1.44. The number of fused-ring (bicyclic) bond motifs is 1. The second kappa shape index (κ2) is 8.29. The Balaban J connectivity index is 1.72. The summed E-state index contributed by atoms with van der Waals surface area (Å²) < 4.78 is 29.5. The molecule has 2 aromatic carbocycles. The predicted octanol–water partition coefficient (Wildman–Crippen LogP) is 4.08. The van der Waals surface area contributed by atoms with E-state index >= 15 is 0 Å². The van der Waals surface area contributed by atoms with Gasteiger partial charge >= 0.3 is 0 Å². The molecule has 31 heavy (non-hydrogen) atoms. The van der Waals surface area contributed by atoms with Crippen molar-refractivity contribution in [2.24, 2.45) is 4.40 Å². The second-order valence-corrected chi connectivity index (χ2v) is 9.48. The van der Waals surface area contributed by atoms with Crippen molar-refractivity contribution >= 4 is 50.1 Å². The quantitative estimate of drug-likeness (QED) is 0.608. The Labute approximate surface area is 183 Å². The van der Waals surface area contributed by atoms with Crippen LogP contribution in [0.3, 0.4) is 0 Å². The Morgan fingerprint density at radius 1 is 0.935 bits per heavy atom. The number of rotatable bonds is 5. The van der Waals surface area contributed by atoms with Gasteiger partial charge < -0.3 is 10.6 Å². The van der Waals surface area contributed by atoms with E-state index in [9.17, 15) is 18.0 Å². The van der Waals surface area contributed by atoms with Crippen molar-refractivity contribution < 1.29 is 18.0 Å². The van der Waals surface area contributed by atoms with Crippen LogP contribution in [0.25, 0.3) is 0 Å². The van der Waals surface area contributed by atoms with Crippen LogP contribution in [0.1, 0.15) is 22.8 Å². The van der Waals surface area contributed by atoms with E-state index in [4.69, 9.17) is 0 Å². The number of hydrogen-bond acceptors (Lipinski definition) is 6. The van der Waals surface area contributed by atoms with E-state index in [1.807, 2.05) is 0 Å². The minimum Gasteiger partial charge on any atom is -0.352 e. The van der Waals surface area contributed by atoms with Crippen LogP contribution in [0.15, 0.2) is 86.4 Å². The Morgan fingerprint density at radius 2 is 1.61 bits per heavy atom. The molecule has 0 fully saturated rings. The molecule has 1 aliphatic carbocycles. The summed E-state index contributed by atoms with van der Waals surface area (Å²) >= 11 is 1.08. The van der Waals surface area contributed by atoms with Gasteiger partial charge in [0.25, 0.3) is 10.0 Å².